The van der Waals surface area contributed by atoms with Crippen molar-refractivity contribution < 1.29 is 38.9 Å². The summed E-state index contributed by atoms with van der Waals surface area (Å²) in [6.45, 7) is 1.09. The minimum atomic E-state index is -1.72. The number of carbonyl (C=O) groups is 4. The lowest BCUT2D eigenvalue weighted by atomic mass is 9.96. The summed E-state index contributed by atoms with van der Waals surface area (Å²) >= 11 is 1.01. The Balaban J connectivity index is 1.46. The first-order valence-electron chi connectivity index (χ1n) is 12.9. The molecule has 0 bridgehead atoms. The molecule has 5 rings (SSSR count). The van der Waals surface area contributed by atoms with Crippen LogP contribution in [-0.4, -0.2) is 71.2 Å². The van der Waals surface area contributed by atoms with Crippen molar-refractivity contribution in [3.05, 3.63) is 75.8 Å². The number of anilines is 1. The maximum absolute atomic E-state index is 13.2. The number of nitrogens with one attached hydrogen (secondary N) is 3. The smallest absolute Gasteiger partial charge is 0.394 e. The first-order chi connectivity index (χ1) is 20.2. The molecule has 0 radical (unpaired) electrons. The quantitative estimate of drug-likeness (QED) is 0.183. The van der Waals surface area contributed by atoms with Crippen LogP contribution in [0.1, 0.15) is 42.9 Å². The summed E-state index contributed by atoms with van der Waals surface area (Å²) in [7, 11) is 3.15. The Morgan fingerprint density at radius 2 is 1.74 bits per heavy atom. The standard InChI is InChI=1S/C29H28N4O8S/c1-40-17-5-3-15(4-6-17)14-33-10-9-19-23(28(36)37)27(32-26(35)29(38)39)42-24(19)22(33)13-30-25(34)21-12-16-11-18(41-2)7-8-20(16)31-21/h3-8,11-12,22,31H,9-10,13-14H2,1-2H3,(H,30,34)(H,32,35)(H,36,37)(H,38,39). The van der Waals surface area contributed by atoms with Crippen molar-refractivity contribution in [2.75, 3.05) is 32.6 Å². The summed E-state index contributed by atoms with van der Waals surface area (Å²) < 4.78 is 10.5. The molecular weight excluding hydrogens is 564 g/mol. The van der Waals surface area contributed by atoms with Crippen molar-refractivity contribution in [2.24, 2.45) is 0 Å². The molecule has 0 saturated heterocycles. The Bertz CT molecular complexity index is 1680. The van der Waals surface area contributed by atoms with Crippen molar-refractivity contribution in [1.82, 2.24) is 15.2 Å². The number of amides is 2. The molecule has 0 fully saturated rings. The zero-order valence-electron chi connectivity index (χ0n) is 22.7. The van der Waals surface area contributed by atoms with E-state index in [9.17, 15) is 24.3 Å². The number of carboxylic acids is 2. The summed E-state index contributed by atoms with van der Waals surface area (Å²) in [5.41, 5.74) is 2.48. The average molecular weight is 593 g/mol. The van der Waals surface area contributed by atoms with Gasteiger partial charge in [0.25, 0.3) is 5.91 Å². The highest BCUT2D eigenvalue weighted by Gasteiger charge is 2.36. The van der Waals surface area contributed by atoms with Crippen LogP contribution in [0, 0.1) is 0 Å². The summed E-state index contributed by atoms with van der Waals surface area (Å²) in [5.74, 6) is -3.30. The number of benzene rings is 2. The molecule has 42 heavy (non-hydrogen) atoms. The number of carbonyl (C=O) groups excluding carboxylic acids is 2. The van der Waals surface area contributed by atoms with Gasteiger partial charge in [-0.2, -0.15) is 0 Å². The monoisotopic (exact) mass is 592 g/mol. The van der Waals surface area contributed by atoms with Gasteiger partial charge in [-0.05, 0) is 53.9 Å². The molecule has 0 spiro atoms. The first kappa shape index (κ1) is 28.6. The summed E-state index contributed by atoms with van der Waals surface area (Å²) in [4.78, 5) is 54.4. The number of H-pyrrole nitrogens is 1. The fraction of sp³-hybridized carbons (Fsp3) is 0.241. The Hall–Kier alpha value is -4.88. The number of hydrogen-bond donors (Lipinski definition) is 5. The number of carboxylic acid groups (broad SMARTS) is 2. The van der Waals surface area contributed by atoms with Crippen molar-refractivity contribution in [1.29, 1.82) is 0 Å². The fourth-order valence-corrected chi connectivity index (χ4v) is 6.44. The molecule has 3 heterocycles. The fourth-order valence-electron chi connectivity index (χ4n) is 5.07. The third kappa shape index (κ3) is 5.78. The van der Waals surface area contributed by atoms with E-state index in [-0.39, 0.29) is 23.0 Å². The van der Waals surface area contributed by atoms with Crippen LogP contribution in [0.4, 0.5) is 5.00 Å². The van der Waals surface area contributed by atoms with Crippen molar-refractivity contribution >= 4 is 51.0 Å². The minimum Gasteiger partial charge on any atom is -0.497 e. The molecule has 13 heteroatoms. The maximum Gasteiger partial charge on any atom is 0.394 e. The molecule has 0 aliphatic carbocycles. The number of aliphatic carboxylic acids is 1. The molecule has 1 aliphatic rings. The van der Waals surface area contributed by atoms with E-state index in [1.165, 1.54) is 0 Å². The highest BCUT2D eigenvalue weighted by molar-refractivity contribution is 7.17. The largest absolute Gasteiger partial charge is 0.497 e. The van der Waals surface area contributed by atoms with Gasteiger partial charge in [-0.1, -0.05) is 12.1 Å². The Kier molecular flexibility index (Phi) is 8.13. The number of hydrogen-bond acceptors (Lipinski definition) is 8. The third-order valence-corrected chi connectivity index (χ3v) is 8.39. The second kappa shape index (κ2) is 11.9. The van der Waals surface area contributed by atoms with Crippen LogP contribution >= 0.6 is 11.3 Å². The number of nitrogens with zero attached hydrogens (tertiary/aromatic N) is 1. The number of aromatic amines is 1. The lowest BCUT2D eigenvalue weighted by Crippen LogP contribution is -2.41. The number of thiophene rings is 1. The molecule has 1 atom stereocenters. The number of fused-ring (bicyclic) bond motifs is 2. The number of rotatable bonds is 9. The molecule has 4 aromatic rings. The summed E-state index contributed by atoms with van der Waals surface area (Å²) in [5, 5.41) is 25.0. The Labute approximate surface area is 243 Å². The van der Waals surface area contributed by atoms with Crippen LogP contribution in [0.2, 0.25) is 0 Å². The van der Waals surface area contributed by atoms with E-state index in [4.69, 9.17) is 14.6 Å². The second-order valence-corrected chi connectivity index (χ2v) is 10.7. The first-order valence-corrected chi connectivity index (χ1v) is 13.7. The highest BCUT2D eigenvalue weighted by Crippen LogP contribution is 2.43. The summed E-state index contributed by atoms with van der Waals surface area (Å²) in [6.07, 6.45) is 0.362. The van der Waals surface area contributed by atoms with E-state index in [1.807, 2.05) is 36.4 Å². The molecule has 1 aliphatic heterocycles. The Morgan fingerprint density at radius 1 is 1.02 bits per heavy atom. The topological polar surface area (TPSA) is 170 Å². The molecule has 2 amide bonds. The van der Waals surface area contributed by atoms with Gasteiger partial charge in [0.1, 0.15) is 22.2 Å². The normalized spacial score (nSPS) is 14.7. The van der Waals surface area contributed by atoms with Crippen LogP contribution in [0.15, 0.2) is 48.5 Å². The zero-order valence-corrected chi connectivity index (χ0v) is 23.5. The number of aromatic carboxylic acids is 1. The second-order valence-electron chi connectivity index (χ2n) is 9.64. The van der Waals surface area contributed by atoms with E-state index in [2.05, 4.69) is 20.5 Å². The van der Waals surface area contributed by atoms with E-state index in [0.29, 0.717) is 47.1 Å². The van der Waals surface area contributed by atoms with Crippen LogP contribution in [0.5, 0.6) is 11.5 Å². The Morgan fingerprint density at radius 3 is 2.40 bits per heavy atom. The number of ether oxygens (including phenoxy) is 2. The summed E-state index contributed by atoms with van der Waals surface area (Å²) in [6, 6.07) is 14.2. The molecule has 2 aromatic heterocycles. The van der Waals surface area contributed by atoms with Crippen LogP contribution < -0.4 is 20.1 Å². The molecule has 2 aromatic carbocycles. The SMILES string of the molecule is COc1ccc(CN2CCc3c(sc(NC(=O)C(=O)O)c3C(=O)O)C2CNC(=O)c2cc3cc(OC)ccc3[nH]2)cc1. The average Bonchev–Trinajstić information content (AvgIpc) is 3.57. The minimum absolute atomic E-state index is 0.0490. The lowest BCUT2D eigenvalue weighted by Gasteiger charge is -2.36. The van der Waals surface area contributed by atoms with Crippen LogP contribution in [0.3, 0.4) is 0 Å². The van der Waals surface area contributed by atoms with Gasteiger partial charge < -0.3 is 35.3 Å². The predicted molar refractivity (Wildman–Crippen MR) is 155 cm³/mol. The zero-order chi connectivity index (χ0) is 30.0. The van der Waals surface area contributed by atoms with E-state index in [0.717, 1.165) is 27.8 Å². The van der Waals surface area contributed by atoms with Gasteiger partial charge >= 0.3 is 17.8 Å². The van der Waals surface area contributed by atoms with Gasteiger partial charge in [0.05, 0.1) is 25.8 Å². The molecule has 0 saturated carbocycles. The van der Waals surface area contributed by atoms with E-state index in [1.54, 1.807) is 26.4 Å². The highest BCUT2D eigenvalue weighted by atomic mass is 32.1. The number of methoxy groups -OCH3 is 2. The number of aromatic nitrogens is 1. The third-order valence-electron chi connectivity index (χ3n) is 7.14. The van der Waals surface area contributed by atoms with Crippen molar-refractivity contribution in [3.63, 3.8) is 0 Å². The molecule has 12 nitrogen and oxygen atoms in total. The van der Waals surface area contributed by atoms with Crippen molar-refractivity contribution in [2.45, 2.75) is 19.0 Å². The van der Waals surface area contributed by atoms with Gasteiger partial charge in [-0.25, -0.2) is 9.59 Å². The predicted octanol–water partition coefficient (Wildman–Crippen LogP) is 3.50. The maximum atomic E-state index is 13.2. The van der Waals surface area contributed by atoms with Gasteiger partial charge in [0.15, 0.2) is 0 Å². The van der Waals surface area contributed by atoms with Gasteiger partial charge in [-0.3, -0.25) is 14.5 Å². The van der Waals surface area contributed by atoms with Crippen LogP contribution in [0.25, 0.3) is 10.9 Å². The van der Waals surface area contributed by atoms with Gasteiger partial charge in [0.2, 0.25) is 0 Å². The van der Waals surface area contributed by atoms with Crippen LogP contribution in [-0.2, 0) is 22.6 Å². The molecular formula is C29H28N4O8S. The van der Waals surface area contributed by atoms with Gasteiger partial charge in [0, 0.05) is 35.4 Å². The van der Waals surface area contributed by atoms with E-state index >= 15 is 0 Å². The molecule has 218 valence electrons. The van der Waals surface area contributed by atoms with Gasteiger partial charge in [-0.15, -0.1) is 11.3 Å². The molecule has 1 unspecified atom stereocenters. The molecule has 5 N–H and O–H groups in total. The van der Waals surface area contributed by atoms with Crippen molar-refractivity contribution in [3.8, 4) is 11.5 Å². The van der Waals surface area contributed by atoms with E-state index < -0.39 is 23.9 Å². The lowest BCUT2D eigenvalue weighted by molar-refractivity contribution is -0.147.